The van der Waals surface area contributed by atoms with Crippen molar-refractivity contribution in [2.75, 3.05) is 26.7 Å². The van der Waals surface area contributed by atoms with Gasteiger partial charge in [-0.25, -0.2) is 4.98 Å². The molecule has 0 radical (unpaired) electrons. The standard InChI is InChI=1S/C16H20N4OS.2ClH/c1-17-9-12-5-7-20(10-12)15(21)8-13-11-22-16(19-13)14-4-2-3-6-18-14;;/h2-4,6,11-12,17H,5,7-10H2,1H3;2*1H. The highest BCUT2D eigenvalue weighted by Crippen LogP contribution is 2.22. The third kappa shape index (κ3) is 5.14. The van der Waals surface area contributed by atoms with Crippen LogP contribution in [0.25, 0.3) is 10.7 Å². The van der Waals surface area contributed by atoms with Crippen LogP contribution in [-0.2, 0) is 11.2 Å². The fourth-order valence-corrected chi connectivity index (χ4v) is 3.57. The largest absolute Gasteiger partial charge is 0.342 e. The average Bonchev–Trinajstić information content (AvgIpc) is 3.18. The predicted octanol–water partition coefficient (Wildman–Crippen LogP) is 2.66. The van der Waals surface area contributed by atoms with Gasteiger partial charge in [0.15, 0.2) is 0 Å². The summed E-state index contributed by atoms with van der Waals surface area (Å²) < 4.78 is 0. The van der Waals surface area contributed by atoms with Gasteiger partial charge in [-0.3, -0.25) is 9.78 Å². The van der Waals surface area contributed by atoms with Gasteiger partial charge in [-0.05, 0) is 38.1 Å². The van der Waals surface area contributed by atoms with Crippen LogP contribution in [0.1, 0.15) is 12.1 Å². The summed E-state index contributed by atoms with van der Waals surface area (Å²) in [5, 5.41) is 6.02. The van der Waals surface area contributed by atoms with Gasteiger partial charge < -0.3 is 10.2 Å². The molecule has 0 saturated carbocycles. The van der Waals surface area contributed by atoms with Crippen molar-refractivity contribution < 1.29 is 4.79 Å². The van der Waals surface area contributed by atoms with Gasteiger partial charge in [0.1, 0.15) is 5.01 Å². The number of aromatic nitrogens is 2. The molecule has 3 heterocycles. The molecule has 1 atom stereocenters. The molecule has 24 heavy (non-hydrogen) atoms. The highest BCUT2D eigenvalue weighted by atomic mass is 35.5. The zero-order valence-electron chi connectivity index (χ0n) is 13.5. The zero-order valence-corrected chi connectivity index (χ0v) is 15.9. The SMILES string of the molecule is CNCC1CCN(C(=O)Cc2csc(-c3ccccn3)n2)C1.Cl.Cl. The summed E-state index contributed by atoms with van der Waals surface area (Å²) >= 11 is 1.54. The second kappa shape index (κ2) is 9.93. The van der Waals surface area contributed by atoms with Crippen molar-refractivity contribution in [3.63, 3.8) is 0 Å². The summed E-state index contributed by atoms with van der Waals surface area (Å²) in [7, 11) is 1.96. The summed E-state index contributed by atoms with van der Waals surface area (Å²) in [6.45, 7) is 2.70. The quantitative estimate of drug-likeness (QED) is 0.854. The first-order chi connectivity index (χ1) is 10.8. The van der Waals surface area contributed by atoms with Crippen LogP contribution in [0.2, 0.25) is 0 Å². The maximum absolute atomic E-state index is 12.4. The van der Waals surface area contributed by atoms with E-state index in [4.69, 9.17) is 0 Å². The normalized spacial score (nSPS) is 16.4. The molecule has 1 saturated heterocycles. The van der Waals surface area contributed by atoms with E-state index in [2.05, 4.69) is 15.3 Å². The number of amides is 1. The number of likely N-dealkylation sites (tertiary alicyclic amines) is 1. The van der Waals surface area contributed by atoms with Crippen LogP contribution in [0.15, 0.2) is 29.8 Å². The molecule has 0 spiro atoms. The molecule has 2 aromatic rings. The van der Waals surface area contributed by atoms with Crippen LogP contribution in [0.3, 0.4) is 0 Å². The highest BCUT2D eigenvalue weighted by Gasteiger charge is 2.26. The number of hydrogen-bond donors (Lipinski definition) is 1. The third-order valence-corrected chi connectivity index (χ3v) is 4.81. The molecule has 1 fully saturated rings. The maximum atomic E-state index is 12.4. The lowest BCUT2D eigenvalue weighted by atomic mass is 10.1. The fraction of sp³-hybridized carbons (Fsp3) is 0.438. The van der Waals surface area contributed by atoms with Crippen molar-refractivity contribution >= 4 is 42.1 Å². The number of thiazole rings is 1. The minimum Gasteiger partial charge on any atom is -0.342 e. The first-order valence-corrected chi connectivity index (χ1v) is 8.42. The van der Waals surface area contributed by atoms with Crippen molar-refractivity contribution in [3.05, 3.63) is 35.5 Å². The molecule has 2 aromatic heterocycles. The number of rotatable bonds is 5. The zero-order chi connectivity index (χ0) is 15.4. The molecule has 1 aliphatic rings. The molecule has 8 heteroatoms. The molecule has 1 aliphatic heterocycles. The molecule has 0 aliphatic carbocycles. The Kier molecular flexibility index (Phi) is 8.62. The summed E-state index contributed by atoms with van der Waals surface area (Å²) in [5.41, 5.74) is 1.70. The molecule has 132 valence electrons. The number of pyridine rings is 1. The minimum absolute atomic E-state index is 0. The van der Waals surface area contributed by atoms with Crippen LogP contribution in [0, 0.1) is 5.92 Å². The van der Waals surface area contributed by atoms with E-state index >= 15 is 0 Å². The van der Waals surface area contributed by atoms with Crippen molar-refractivity contribution in [1.29, 1.82) is 0 Å². The van der Waals surface area contributed by atoms with Gasteiger partial charge >= 0.3 is 0 Å². The van der Waals surface area contributed by atoms with Gasteiger partial charge in [-0.2, -0.15) is 0 Å². The molecular formula is C16H22Cl2N4OS. The summed E-state index contributed by atoms with van der Waals surface area (Å²) in [5.74, 6) is 0.755. The van der Waals surface area contributed by atoms with Crippen molar-refractivity contribution in [2.24, 2.45) is 5.92 Å². The van der Waals surface area contributed by atoms with Gasteiger partial charge in [-0.15, -0.1) is 36.2 Å². The first-order valence-electron chi connectivity index (χ1n) is 7.54. The molecule has 0 aromatic carbocycles. The average molecular weight is 389 g/mol. The Labute approximate surface area is 158 Å². The Morgan fingerprint density at radius 2 is 2.25 bits per heavy atom. The van der Waals surface area contributed by atoms with Gasteiger partial charge in [0, 0.05) is 24.7 Å². The van der Waals surface area contributed by atoms with Crippen LogP contribution in [0.5, 0.6) is 0 Å². The van der Waals surface area contributed by atoms with E-state index < -0.39 is 0 Å². The van der Waals surface area contributed by atoms with Crippen molar-refractivity contribution in [1.82, 2.24) is 20.2 Å². The summed E-state index contributed by atoms with van der Waals surface area (Å²) in [6.07, 6.45) is 3.23. The molecule has 1 N–H and O–H groups in total. The third-order valence-electron chi connectivity index (χ3n) is 3.90. The smallest absolute Gasteiger partial charge is 0.228 e. The molecular weight excluding hydrogens is 367 g/mol. The van der Waals surface area contributed by atoms with Crippen LogP contribution in [0.4, 0.5) is 0 Å². The van der Waals surface area contributed by atoms with E-state index in [9.17, 15) is 4.79 Å². The number of carbonyl (C=O) groups is 1. The molecule has 1 unspecified atom stereocenters. The molecule has 5 nitrogen and oxygen atoms in total. The van der Waals surface area contributed by atoms with Crippen LogP contribution >= 0.6 is 36.2 Å². The lowest BCUT2D eigenvalue weighted by Gasteiger charge is -2.15. The fourth-order valence-electron chi connectivity index (χ4n) is 2.78. The molecule has 3 rings (SSSR count). The van der Waals surface area contributed by atoms with Crippen LogP contribution in [-0.4, -0.2) is 47.5 Å². The summed E-state index contributed by atoms with van der Waals surface area (Å²) in [6, 6.07) is 5.77. The van der Waals surface area contributed by atoms with Crippen LogP contribution < -0.4 is 5.32 Å². The number of carbonyl (C=O) groups excluding carboxylic acids is 1. The Morgan fingerprint density at radius 1 is 1.42 bits per heavy atom. The van der Waals surface area contributed by atoms with E-state index in [-0.39, 0.29) is 30.7 Å². The Balaban J connectivity index is 0.00000144. The van der Waals surface area contributed by atoms with Gasteiger partial charge in [0.25, 0.3) is 0 Å². The first kappa shape index (κ1) is 20.8. The van der Waals surface area contributed by atoms with E-state index in [1.807, 2.05) is 35.5 Å². The Hall–Kier alpha value is -1.21. The van der Waals surface area contributed by atoms with E-state index in [1.165, 1.54) is 0 Å². The lowest BCUT2D eigenvalue weighted by molar-refractivity contribution is -0.129. The topological polar surface area (TPSA) is 58.1 Å². The van der Waals surface area contributed by atoms with E-state index in [0.717, 1.165) is 42.5 Å². The van der Waals surface area contributed by atoms with Crippen molar-refractivity contribution in [3.8, 4) is 10.7 Å². The second-order valence-corrected chi connectivity index (χ2v) is 6.45. The number of nitrogens with zero attached hydrogens (tertiary/aromatic N) is 3. The van der Waals surface area contributed by atoms with E-state index in [1.54, 1.807) is 17.5 Å². The van der Waals surface area contributed by atoms with Crippen molar-refractivity contribution in [2.45, 2.75) is 12.8 Å². The predicted molar refractivity (Wildman–Crippen MR) is 102 cm³/mol. The Morgan fingerprint density at radius 3 is 2.96 bits per heavy atom. The van der Waals surface area contributed by atoms with Gasteiger partial charge in [-0.1, -0.05) is 6.07 Å². The number of halogens is 2. The number of nitrogens with one attached hydrogen (secondary N) is 1. The molecule has 0 bridgehead atoms. The monoisotopic (exact) mass is 388 g/mol. The van der Waals surface area contributed by atoms with Gasteiger partial charge in [0.2, 0.25) is 5.91 Å². The lowest BCUT2D eigenvalue weighted by Crippen LogP contribution is -2.31. The molecule has 1 amide bonds. The minimum atomic E-state index is 0. The second-order valence-electron chi connectivity index (χ2n) is 5.59. The van der Waals surface area contributed by atoms with E-state index in [0.29, 0.717) is 12.3 Å². The maximum Gasteiger partial charge on any atom is 0.228 e. The number of hydrogen-bond acceptors (Lipinski definition) is 5. The highest BCUT2D eigenvalue weighted by molar-refractivity contribution is 7.13. The summed E-state index contributed by atoms with van der Waals surface area (Å²) in [4.78, 5) is 23.2. The van der Waals surface area contributed by atoms with Gasteiger partial charge in [0.05, 0.1) is 17.8 Å². The Bertz CT molecular complexity index is 638.